The largest absolute Gasteiger partial charge is 0.493 e. The summed E-state index contributed by atoms with van der Waals surface area (Å²) in [6.45, 7) is 5.62. The van der Waals surface area contributed by atoms with Gasteiger partial charge in [-0.1, -0.05) is 6.92 Å². The van der Waals surface area contributed by atoms with Gasteiger partial charge in [0, 0.05) is 5.56 Å². The molecule has 0 unspecified atom stereocenters. The summed E-state index contributed by atoms with van der Waals surface area (Å²) in [5.41, 5.74) is 1.03. The lowest BCUT2D eigenvalue weighted by atomic mass is 10.1. The molecule has 0 bridgehead atoms. The van der Waals surface area contributed by atoms with Crippen LogP contribution in [-0.4, -0.2) is 24.3 Å². The maximum atomic E-state index is 10.3. The van der Waals surface area contributed by atoms with E-state index in [0.29, 0.717) is 11.5 Å². The molecule has 2 aromatic rings. The number of aliphatic hydroxyl groups is 1. The minimum atomic E-state index is -0.877. The molecular formula is C16H21NO3S. The van der Waals surface area contributed by atoms with Gasteiger partial charge in [0.15, 0.2) is 11.5 Å². The maximum absolute atomic E-state index is 10.3. The van der Waals surface area contributed by atoms with E-state index in [4.69, 9.17) is 9.47 Å². The van der Waals surface area contributed by atoms with Crippen LogP contribution in [0.5, 0.6) is 11.5 Å². The Morgan fingerprint density at radius 2 is 1.86 bits per heavy atom. The molecule has 114 valence electrons. The van der Waals surface area contributed by atoms with Crippen molar-refractivity contribution in [2.24, 2.45) is 0 Å². The Bertz CT molecular complexity index is 629. The quantitative estimate of drug-likeness (QED) is 0.916. The number of benzene rings is 1. The van der Waals surface area contributed by atoms with Crippen LogP contribution in [0.3, 0.4) is 0 Å². The molecule has 0 radical (unpaired) electrons. The zero-order chi connectivity index (χ0) is 15.6. The van der Waals surface area contributed by atoms with E-state index in [-0.39, 0.29) is 0 Å². The van der Waals surface area contributed by atoms with Crippen molar-refractivity contribution in [1.29, 1.82) is 0 Å². The molecule has 0 saturated heterocycles. The summed E-state index contributed by atoms with van der Waals surface area (Å²) in [4.78, 5) is 5.57. The van der Waals surface area contributed by atoms with E-state index >= 15 is 0 Å². The summed E-state index contributed by atoms with van der Waals surface area (Å²) in [6, 6.07) is 5.73. The normalized spacial score (nSPS) is 11.5. The molecule has 0 saturated carbocycles. The van der Waals surface area contributed by atoms with Crippen LogP contribution in [0, 0.1) is 0 Å². The van der Waals surface area contributed by atoms with E-state index in [9.17, 15) is 5.11 Å². The number of ether oxygens (including phenoxy) is 2. The average molecular weight is 307 g/mol. The minimum Gasteiger partial charge on any atom is -0.493 e. The smallest absolute Gasteiger partial charge is 0.161 e. The van der Waals surface area contributed by atoms with Gasteiger partial charge in [-0.15, -0.1) is 11.3 Å². The molecule has 0 amide bonds. The topological polar surface area (TPSA) is 51.6 Å². The van der Waals surface area contributed by atoms with E-state index in [1.807, 2.05) is 25.1 Å². The second-order valence-electron chi connectivity index (χ2n) is 5.28. The maximum Gasteiger partial charge on any atom is 0.161 e. The van der Waals surface area contributed by atoms with Gasteiger partial charge in [0.2, 0.25) is 0 Å². The number of aromatic nitrogens is 1. The first kappa shape index (κ1) is 15.8. The highest BCUT2D eigenvalue weighted by molar-refractivity contribution is 7.15. The number of hydrogen-bond acceptors (Lipinski definition) is 5. The lowest BCUT2D eigenvalue weighted by Gasteiger charge is -2.15. The number of methoxy groups -OCH3 is 2. The third kappa shape index (κ3) is 3.19. The summed E-state index contributed by atoms with van der Waals surface area (Å²) in [7, 11) is 3.23. The molecule has 5 heteroatoms. The lowest BCUT2D eigenvalue weighted by molar-refractivity contribution is 0.0814. The predicted octanol–water partition coefficient (Wildman–Crippen LogP) is 3.62. The van der Waals surface area contributed by atoms with Crippen LogP contribution in [-0.2, 0) is 12.0 Å². The first-order valence-electron chi connectivity index (χ1n) is 6.85. The van der Waals surface area contributed by atoms with E-state index in [1.165, 1.54) is 11.3 Å². The molecule has 0 atom stereocenters. The van der Waals surface area contributed by atoms with Crippen molar-refractivity contribution < 1.29 is 14.6 Å². The molecule has 0 spiro atoms. The number of thiazole rings is 1. The Morgan fingerprint density at radius 1 is 1.19 bits per heavy atom. The van der Waals surface area contributed by atoms with Crippen molar-refractivity contribution in [3.63, 3.8) is 0 Å². The van der Waals surface area contributed by atoms with Gasteiger partial charge in [-0.2, -0.15) is 0 Å². The van der Waals surface area contributed by atoms with Crippen LogP contribution in [0.4, 0.5) is 0 Å². The van der Waals surface area contributed by atoms with Gasteiger partial charge in [0.05, 0.1) is 30.4 Å². The van der Waals surface area contributed by atoms with Crippen LogP contribution < -0.4 is 9.47 Å². The van der Waals surface area contributed by atoms with Crippen molar-refractivity contribution in [2.45, 2.75) is 32.8 Å². The van der Waals surface area contributed by atoms with Gasteiger partial charge in [-0.25, -0.2) is 4.98 Å². The Balaban J connectivity index is 2.50. The van der Waals surface area contributed by atoms with Crippen molar-refractivity contribution in [3.8, 4) is 22.1 Å². The Hall–Kier alpha value is -1.59. The van der Waals surface area contributed by atoms with Crippen LogP contribution in [0.15, 0.2) is 18.2 Å². The SMILES string of the molecule is CCc1nc(-c2ccc(OC)c(OC)c2)sc1C(C)(C)O. The van der Waals surface area contributed by atoms with E-state index in [0.717, 1.165) is 27.6 Å². The number of rotatable bonds is 5. The number of nitrogens with zero attached hydrogens (tertiary/aromatic N) is 1. The first-order valence-corrected chi connectivity index (χ1v) is 7.67. The molecular weight excluding hydrogens is 286 g/mol. The van der Waals surface area contributed by atoms with Crippen molar-refractivity contribution in [2.75, 3.05) is 14.2 Å². The fraction of sp³-hybridized carbons (Fsp3) is 0.438. The van der Waals surface area contributed by atoms with Gasteiger partial charge < -0.3 is 14.6 Å². The summed E-state index contributed by atoms with van der Waals surface area (Å²) in [5, 5.41) is 11.1. The highest BCUT2D eigenvalue weighted by Gasteiger charge is 2.24. The zero-order valence-electron chi connectivity index (χ0n) is 13.1. The summed E-state index contributed by atoms with van der Waals surface area (Å²) >= 11 is 1.52. The van der Waals surface area contributed by atoms with Gasteiger partial charge in [-0.05, 0) is 38.5 Å². The van der Waals surface area contributed by atoms with Gasteiger partial charge in [-0.3, -0.25) is 0 Å². The molecule has 21 heavy (non-hydrogen) atoms. The Kier molecular flexibility index (Phi) is 4.54. The van der Waals surface area contributed by atoms with Crippen LogP contribution in [0.2, 0.25) is 0 Å². The monoisotopic (exact) mass is 307 g/mol. The number of aryl methyl sites for hydroxylation is 1. The fourth-order valence-electron chi connectivity index (χ4n) is 2.16. The van der Waals surface area contributed by atoms with Crippen LogP contribution >= 0.6 is 11.3 Å². The third-order valence-corrected chi connectivity index (χ3v) is 4.68. The fourth-order valence-corrected chi connectivity index (χ4v) is 3.31. The number of hydrogen-bond donors (Lipinski definition) is 1. The summed E-state index contributed by atoms with van der Waals surface area (Å²) in [6.07, 6.45) is 0.795. The molecule has 0 fully saturated rings. The molecule has 2 rings (SSSR count). The average Bonchev–Trinajstić information content (AvgIpc) is 2.90. The van der Waals surface area contributed by atoms with Crippen molar-refractivity contribution in [3.05, 3.63) is 28.8 Å². The Labute approximate surface area is 129 Å². The highest BCUT2D eigenvalue weighted by atomic mass is 32.1. The lowest BCUT2D eigenvalue weighted by Crippen LogP contribution is -2.15. The molecule has 1 heterocycles. The van der Waals surface area contributed by atoms with Crippen molar-refractivity contribution in [1.82, 2.24) is 4.98 Å². The second-order valence-corrected chi connectivity index (χ2v) is 6.28. The van der Waals surface area contributed by atoms with Crippen molar-refractivity contribution >= 4 is 11.3 Å². The van der Waals surface area contributed by atoms with E-state index < -0.39 is 5.60 Å². The van der Waals surface area contributed by atoms with Gasteiger partial charge >= 0.3 is 0 Å². The van der Waals surface area contributed by atoms with Crippen LogP contribution in [0.25, 0.3) is 10.6 Å². The van der Waals surface area contributed by atoms with Gasteiger partial charge in [0.25, 0.3) is 0 Å². The molecule has 1 N–H and O–H groups in total. The molecule has 0 aliphatic rings. The van der Waals surface area contributed by atoms with E-state index in [2.05, 4.69) is 4.98 Å². The zero-order valence-corrected chi connectivity index (χ0v) is 13.9. The van der Waals surface area contributed by atoms with E-state index in [1.54, 1.807) is 28.1 Å². The Morgan fingerprint density at radius 3 is 2.33 bits per heavy atom. The highest BCUT2D eigenvalue weighted by Crippen LogP contribution is 2.38. The standard InChI is InChI=1S/C16H21NO3S/c1-6-11-14(16(2,3)18)21-15(17-11)10-7-8-12(19-4)13(9-10)20-5/h7-9,18H,6H2,1-5H3. The second kappa shape index (κ2) is 6.03. The molecule has 0 aliphatic carbocycles. The van der Waals surface area contributed by atoms with Gasteiger partial charge in [0.1, 0.15) is 5.01 Å². The van der Waals surface area contributed by atoms with Crippen LogP contribution in [0.1, 0.15) is 31.3 Å². The summed E-state index contributed by atoms with van der Waals surface area (Å²) in [5.74, 6) is 1.37. The first-order chi connectivity index (χ1) is 9.90. The minimum absolute atomic E-state index is 0.674. The molecule has 0 aliphatic heterocycles. The summed E-state index contributed by atoms with van der Waals surface area (Å²) < 4.78 is 10.6. The predicted molar refractivity (Wildman–Crippen MR) is 85.3 cm³/mol. The molecule has 1 aromatic carbocycles. The molecule has 1 aromatic heterocycles. The molecule has 4 nitrogen and oxygen atoms in total. The third-order valence-electron chi connectivity index (χ3n) is 3.22.